The van der Waals surface area contributed by atoms with Gasteiger partial charge in [-0.1, -0.05) is 0 Å². The van der Waals surface area contributed by atoms with Crippen molar-refractivity contribution in [3.05, 3.63) is 47.4 Å². The number of aliphatic hydroxyl groups is 1. The van der Waals surface area contributed by atoms with Gasteiger partial charge < -0.3 is 10.0 Å². The normalized spacial score (nSPS) is 11.1. The minimum Gasteiger partial charge on any atom is -0.390 e. The second kappa shape index (κ2) is 4.99. The maximum absolute atomic E-state index is 9.55. The van der Waals surface area contributed by atoms with E-state index in [0.29, 0.717) is 0 Å². The van der Waals surface area contributed by atoms with Crippen LogP contribution in [0.1, 0.15) is 11.3 Å². The number of fused-ring (bicyclic) bond motifs is 1. The molecule has 0 aliphatic heterocycles. The van der Waals surface area contributed by atoms with E-state index in [2.05, 4.69) is 9.97 Å². The molecule has 0 atom stereocenters. The van der Waals surface area contributed by atoms with Crippen molar-refractivity contribution in [2.45, 2.75) is 13.2 Å². The number of rotatable bonds is 4. The lowest BCUT2D eigenvalue weighted by Gasteiger charge is -2.17. The van der Waals surface area contributed by atoms with Gasteiger partial charge in [0.05, 0.1) is 12.3 Å². The molecule has 0 spiro atoms. The van der Waals surface area contributed by atoms with Crippen LogP contribution in [0.3, 0.4) is 0 Å². The Bertz CT molecular complexity index is 676. The first kappa shape index (κ1) is 12.1. The summed E-state index contributed by atoms with van der Waals surface area (Å²) < 4.78 is 1.93. The molecule has 6 heteroatoms. The molecule has 0 amide bonds. The molecule has 98 valence electrons. The van der Waals surface area contributed by atoms with Crippen molar-refractivity contribution in [1.29, 1.82) is 0 Å². The van der Waals surface area contributed by atoms with Crippen LogP contribution in [-0.4, -0.2) is 26.5 Å². The van der Waals surface area contributed by atoms with Crippen molar-refractivity contribution in [1.82, 2.24) is 14.4 Å². The molecule has 3 aromatic heterocycles. The van der Waals surface area contributed by atoms with Crippen molar-refractivity contribution in [3.63, 3.8) is 0 Å². The summed E-state index contributed by atoms with van der Waals surface area (Å²) in [5.74, 6) is 0.825. The number of aliphatic hydroxyl groups excluding tert-OH is 1. The van der Waals surface area contributed by atoms with E-state index in [0.717, 1.165) is 28.6 Å². The van der Waals surface area contributed by atoms with Crippen LogP contribution in [0.2, 0.25) is 0 Å². The highest BCUT2D eigenvalue weighted by Crippen LogP contribution is 2.24. The second-order valence-electron chi connectivity index (χ2n) is 4.31. The van der Waals surface area contributed by atoms with Crippen LogP contribution in [0.4, 0.5) is 5.82 Å². The molecule has 0 unspecified atom stereocenters. The molecule has 0 saturated carbocycles. The summed E-state index contributed by atoms with van der Waals surface area (Å²) in [5, 5.41) is 11.5. The molecule has 0 saturated heterocycles. The SMILES string of the molecule is CN(Cc1ccncc1)c1nc2sccn2c1CO. The monoisotopic (exact) mass is 274 g/mol. The fourth-order valence-corrected chi connectivity index (χ4v) is 2.84. The largest absolute Gasteiger partial charge is 0.390 e. The van der Waals surface area contributed by atoms with Crippen molar-refractivity contribution < 1.29 is 5.11 Å². The smallest absolute Gasteiger partial charge is 0.195 e. The van der Waals surface area contributed by atoms with Crippen LogP contribution in [0.5, 0.6) is 0 Å². The molecule has 0 aliphatic carbocycles. The summed E-state index contributed by atoms with van der Waals surface area (Å²) in [6.07, 6.45) is 5.49. The predicted octanol–water partition coefficient (Wildman–Crippen LogP) is 1.92. The van der Waals surface area contributed by atoms with Gasteiger partial charge in [-0.05, 0) is 17.7 Å². The molecule has 0 bridgehead atoms. The van der Waals surface area contributed by atoms with Crippen molar-refractivity contribution in [2.24, 2.45) is 0 Å². The number of hydrogen-bond donors (Lipinski definition) is 1. The molecule has 19 heavy (non-hydrogen) atoms. The molecular weight excluding hydrogens is 260 g/mol. The molecule has 0 aromatic carbocycles. The lowest BCUT2D eigenvalue weighted by molar-refractivity contribution is 0.276. The van der Waals surface area contributed by atoms with Gasteiger partial charge in [0.25, 0.3) is 0 Å². The van der Waals surface area contributed by atoms with E-state index in [1.807, 2.05) is 40.1 Å². The van der Waals surface area contributed by atoms with Gasteiger partial charge in [0.1, 0.15) is 0 Å². The number of nitrogens with zero attached hydrogens (tertiary/aromatic N) is 4. The standard InChI is InChI=1S/C13H14N4OS/c1-16(8-10-2-4-14-5-3-10)12-11(9-18)17-6-7-19-13(17)15-12/h2-7,18H,8-9H2,1H3. The van der Waals surface area contributed by atoms with Crippen LogP contribution < -0.4 is 4.90 Å². The highest BCUT2D eigenvalue weighted by Gasteiger charge is 2.15. The van der Waals surface area contributed by atoms with E-state index < -0.39 is 0 Å². The van der Waals surface area contributed by atoms with Crippen LogP contribution in [0, 0.1) is 0 Å². The Kier molecular flexibility index (Phi) is 3.18. The zero-order valence-corrected chi connectivity index (χ0v) is 11.3. The third-order valence-electron chi connectivity index (χ3n) is 3.02. The average molecular weight is 274 g/mol. The summed E-state index contributed by atoms with van der Waals surface area (Å²) in [6.45, 7) is 0.717. The van der Waals surface area contributed by atoms with Crippen LogP contribution in [0.25, 0.3) is 4.96 Å². The zero-order chi connectivity index (χ0) is 13.2. The average Bonchev–Trinajstić information content (AvgIpc) is 2.99. The van der Waals surface area contributed by atoms with Crippen LogP contribution in [-0.2, 0) is 13.2 Å². The number of hydrogen-bond acceptors (Lipinski definition) is 5. The van der Waals surface area contributed by atoms with E-state index in [1.54, 1.807) is 23.7 Å². The van der Waals surface area contributed by atoms with Gasteiger partial charge in [-0.15, -0.1) is 11.3 Å². The molecule has 1 N–H and O–H groups in total. The minimum atomic E-state index is -0.0199. The minimum absolute atomic E-state index is 0.0199. The molecule has 3 aromatic rings. The van der Waals surface area contributed by atoms with E-state index in [9.17, 15) is 5.11 Å². The van der Waals surface area contributed by atoms with E-state index in [-0.39, 0.29) is 6.61 Å². The van der Waals surface area contributed by atoms with Gasteiger partial charge in [0, 0.05) is 37.6 Å². The molecule has 0 radical (unpaired) electrons. The third-order valence-corrected chi connectivity index (χ3v) is 3.78. The van der Waals surface area contributed by atoms with Crippen molar-refractivity contribution in [2.75, 3.05) is 11.9 Å². The zero-order valence-electron chi connectivity index (χ0n) is 10.5. The van der Waals surface area contributed by atoms with Gasteiger partial charge in [-0.25, -0.2) is 4.98 Å². The fourth-order valence-electron chi connectivity index (χ4n) is 2.11. The maximum atomic E-state index is 9.55. The Balaban J connectivity index is 1.92. The van der Waals surface area contributed by atoms with E-state index >= 15 is 0 Å². The highest BCUT2D eigenvalue weighted by atomic mass is 32.1. The maximum Gasteiger partial charge on any atom is 0.195 e. The first-order valence-corrected chi connectivity index (χ1v) is 6.83. The molecular formula is C13H14N4OS. The molecule has 0 aliphatic rings. The summed E-state index contributed by atoms with van der Waals surface area (Å²) in [7, 11) is 1.98. The molecule has 3 heterocycles. The quantitative estimate of drug-likeness (QED) is 0.789. The number of anilines is 1. The Hall–Kier alpha value is -1.92. The summed E-state index contributed by atoms with van der Waals surface area (Å²) >= 11 is 1.57. The fraction of sp³-hybridized carbons (Fsp3) is 0.231. The Labute approximate surface area is 114 Å². The lowest BCUT2D eigenvalue weighted by atomic mass is 10.2. The number of thiazole rings is 1. The number of aromatic nitrogens is 3. The lowest BCUT2D eigenvalue weighted by Crippen LogP contribution is -2.18. The first-order chi connectivity index (χ1) is 9.29. The first-order valence-electron chi connectivity index (χ1n) is 5.95. The molecule has 5 nitrogen and oxygen atoms in total. The number of imidazole rings is 1. The molecule has 3 rings (SSSR count). The topological polar surface area (TPSA) is 53.7 Å². The predicted molar refractivity (Wildman–Crippen MR) is 75.3 cm³/mol. The summed E-state index contributed by atoms with van der Waals surface area (Å²) in [5.41, 5.74) is 1.99. The van der Waals surface area contributed by atoms with Crippen LogP contribution in [0.15, 0.2) is 36.1 Å². The van der Waals surface area contributed by atoms with Gasteiger partial charge in [-0.2, -0.15) is 0 Å². The Morgan fingerprint density at radius 2 is 2.16 bits per heavy atom. The Morgan fingerprint density at radius 3 is 2.89 bits per heavy atom. The number of pyridine rings is 1. The second-order valence-corrected chi connectivity index (χ2v) is 5.18. The van der Waals surface area contributed by atoms with Crippen LogP contribution >= 0.6 is 11.3 Å². The molecule has 0 fully saturated rings. The third kappa shape index (κ3) is 2.20. The van der Waals surface area contributed by atoms with Gasteiger partial charge >= 0.3 is 0 Å². The van der Waals surface area contributed by atoms with Crippen molar-refractivity contribution in [3.8, 4) is 0 Å². The van der Waals surface area contributed by atoms with Crippen molar-refractivity contribution >= 4 is 22.1 Å². The Morgan fingerprint density at radius 1 is 1.37 bits per heavy atom. The highest BCUT2D eigenvalue weighted by molar-refractivity contribution is 7.15. The summed E-state index contributed by atoms with van der Waals surface area (Å²) in [4.78, 5) is 11.5. The van der Waals surface area contributed by atoms with Gasteiger partial charge in [0.2, 0.25) is 0 Å². The van der Waals surface area contributed by atoms with Gasteiger partial charge in [-0.3, -0.25) is 9.38 Å². The van der Waals surface area contributed by atoms with Gasteiger partial charge in [0.15, 0.2) is 10.8 Å². The van der Waals surface area contributed by atoms with E-state index in [1.165, 1.54) is 0 Å². The summed E-state index contributed by atoms with van der Waals surface area (Å²) in [6, 6.07) is 3.96. The van der Waals surface area contributed by atoms with E-state index in [4.69, 9.17) is 0 Å².